The lowest BCUT2D eigenvalue weighted by Crippen LogP contribution is -1.95. The Balaban J connectivity index is 3.28. The van der Waals surface area contributed by atoms with Gasteiger partial charge in [-0.2, -0.15) is 8.42 Å². The van der Waals surface area contributed by atoms with E-state index in [1.807, 2.05) is 0 Å². The number of hydrogen-bond acceptors (Lipinski definition) is 2. The number of rotatable bonds is 2. The molecule has 0 atom stereocenters. The molecule has 78 valence electrons. The summed E-state index contributed by atoms with van der Waals surface area (Å²) >= 11 is 2.70. The Hall–Kier alpha value is -0.560. The third kappa shape index (κ3) is 2.48. The minimum absolute atomic E-state index is 0.210. The van der Waals surface area contributed by atoms with E-state index >= 15 is 0 Å². The standard InChI is InChI=1S/C7H4BrF3O2S/c8-5-3-4(7(9)10)1-2-6(5)14(11,12)13/h1-3,7H. The first-order valence-electron chi connectivity index (χ1n) is 3.34. The van der Waals surface area contributed by atoms with Crippen LogP contribution in [-0.4, -0.2) is 8.42 Å². The molecule has 0 bridgehead atoms. The summed E-state index contributed by atoms with van der Waals surface area (Å²) in [6.07, 6.45) is -2.72. The summed E-state index contributed by atoms with van der Waals surface area (Å²) in [6.45, 7) is 0. The zero-order valence-electron chi connectivity index (χ0n) is 6.55. The van der Waals surface area contributed by atoms with Crippen LogP contribution >= 0.6 is 15.9 Å². The van der Waals surface area contributed by atoms with Crippen LogP contribution in [0.1, 0.15) is 12.0 Å². The van der Waals surface area contributed by atoms with E-state index < -0.39 is 21.5 Å². The van der Waals surface area contributed by atoms with E-state index in [0.29, 0.717) is 0 Å². The first-order chi connectivity index (χ1) is 6.32. The van der Waals surface area contributed by atoms with Crippen LogP contribution in [0.4, 0.5) is 12.7 Å². The Bertz CT molecular complexity index is 444. The quantitative estimate of drug-likeness (QED) is 0.784. The van der Waals surface area contributed by atoms with Gasteiger partial charge in [-0.3, -0.25) is 0 Å². The second-order valence-electron chi connectivity index (χ2n) is 2.43. The van der Waals surface area contributed by atoms with Crippen molar-refractivity contribution in [1.29, 1.82) is 0 Å². The van der Waals surface area contributed by atoms with Crippen molar-refractivity contribution in [2.45, 2.75) is 11.3 Å². The van der Waals surface area contributed by atoms with Crippen molar-refractivity contribution in [3.05, 3.63) is 28.2 Å². The molecule has 1 rings (SSSR count). The molecular weight excluding hydrogens is 285 g/mol. The Morgan fingerprint density at radius 1 is 1.29 bits per heavy atom. The predicted molar refractivity (Wildman–Crippen MR) is 47.4 cm³/mol. The number of alkyl halides is 2. The number of halogens is 4. The van der Waals surface area contributed by atoms with Crippen molar-refractivity contribution >= 4 is 26.2 Å². The zero-order valence-corrected chi connectivity index (χ0v) is 8.95. The van der Waals surface area contributed by atoms with Gasteiger partial charge in [0.1, 0.15) is 4.90 Å². The molecule has 0 aliphatic heterocycles. The Morgan fingerprint density at radius 2 is 1.86 bits per heavy atom. The van der Waals surface area contributed by atoms with Gasteiger partial charge in [0.05, 0.1) is 0 Å². The van der Waals surface area contributed by atoms with Crippen LogP contribution in [0.5, 0.6) is 0 Å². The SMILES string of the molecule is O=S(=O)(F)c1ccc(C(F)F)cc1Br. The minimum atomic E-state index is -4.87. The maximum absolute atomic E-state index is 12.5. The maximum atomic E-state index is 12.5. The van der Waals surface area contributed by atoms with Gasteiger partial charge in [0.2, 0.25) is 0 Å². The molecule has 0 fully saturated rings. The highest BCUT2D eigenvalue weighted by atomic mass is 79.9. The van der Waals surface area contributed by atoms with Gasteiger partial charge in [0.25, 0.3) is 6.43 Å². The van der Waals surface area contributed by atoms with E-state index in [1.54, 1.807) is 0 Å². The minimum Gasteiger partial charge on any atom is -0.205 e. The van der Waals surface area contributed by atoms with Gasteiger partial charge in [-0.15, -0.1) is 3.89 Å². The molecule has 0 saturated carbocycles. The lowest BCUT2D eigenvalue weighted by atomic mass is 10.2. The largest absolute Gasteiger partial charge is 0.333 e. The van der Waals surface area contributed by atoms with Crippen LogP contribution in [0.15, 0.2) is 27.6 Å². The zero-order chi connectivity index (χ0) is 10.9. The highest BCUT2D eigenvalue weighted by molar-refractivity contribution is 9.10. The fraction of sp³-hybridized carbons (Fsp3) is 0.143. The van der Waals surface area contributed by atoms with Gasteiger partial charge >= 0.3 is 10.2 Å². The van der Waals surface area contributed by atoms with Crippen molar-refractivity contribution in [2.24, 2.45) is 0 Å². The van der Waals surface area contributed by atoms with Gasteiger partial charge in [-0.25, -0.2) is 8.78 Å². The molecular formula is C7H4BrF3O2S. The average Bonchev–Trinajstić information content (AvgIpc) is 2.01. The second-order valence-corrected chi connectivity index (χ2v) is 4.60. The third-order valence-electron chi connectivity index (χ3n) is 1.47. The molecule has 2 nitrogen and oxygen atoms in total. The molecule has 0 radical (unpaired) electrons. The molecule has 0 aliphatic carbocycles. The van der Waals surface area contributed by atoms with E-state index in [1.165, 1.54) is 0 Å². The predicted octanol–water partition coefficient (Wildman–Crippen LogP) is 3.04. The topological polar surface area (TPSA) is 34.1 Å². The highest BCUT2D eigenvalue weighted by Crippen LogP contribution is 2.28. The fourth-order valence-corrected chi connectivity index (χ4v) is 2.35. The molecule has 0 heterocycles. The monoisotopic (exact) mass is 288 g/mol. The van der Waals surface area contributed by atoms with Gasteiger partial charge in [-0.1, -0.05) is 6.07 Å². The van der Waals surface area contributed by atoms with Crippen LogP contribution in [0.3, 0.4) is 0 Å². The van der Waals surface area contributed by atoms with Crippen LogP contribution in [0.25, 0.3) is 0 Å². The van der Waals surface area contributed by atoms with Gasteiger partial charge < -0.3 is 0 Å². The normalized spacial score (nSPS) is 12.1. The summed E-state index contributed by atoms with van der Waals surface area (Å²) in [7, 11) is -4.87. The van der Waals surface area contributed by atoms with E-state index in [-0.39, 0.29) is 10.0 Å². The molecule has 0 amide bonds. The summed E-state index contributed by atoms with van der Waals surface area (Å²) in [5.41, 5.74) is -0.371. The molecule has 1 aromatic carbocycles. The Labute approximate surface area is 87.1 Å². The van der Waals surface area contributed by atoms with Crippen LogP contribution in [0.2, 0.25) is 0 Å². The van der Waals surface area contributed by atoms with Gasteiger partial charge in [0.15, 0.2) is 0 Å². The Morgan fingerprint density at radius 3 is 2.21 bits per heavy atom. The van der Waals surface area contributed by atoms with Gasteiger partial charge in [0, 0.05) is 10.0 Å². The second kappa shape index (κ2) is 3.90. The fourth-order valence-electron chi connectivity index (χ4n) is 0.851. The number of hydrogen-bond donors (Lipinski definition) is 0. The van der Waals surface area contributed by atoms with E-state index in [0.717, 1.165) is 18.2 Å². The van der Waals surface area contributed by atoms with Crippen LogP contribution < -0.4 is 0 Å². The van der Waals surface area contributed by atoms with Crippen molar-refractivity contribution in [1.82, 2.24) is 0 Å². The first kappa shape index (κ1) is 11.5. The smallest absolute Gasteiger partial charge is 0.205 e. The molecule has 14 heavy (non-hydrogen) atoms. The van der Waals surface area contributed by atoms with Crippen molar-refractivity contribution < 1.29 is 21.1 Å². The molecule has 0 saturated heterocycles. The third-order valence-corrected chi connectivity index (χ3v) is 3.27. The highest BCUT2D eigenvalue weighted by Gasteiger charge is 2.18. The average molecular weight is 289 g/mol. The van der Waals surface area contributed by atoms with Crippen molar-refractivity contribution in [2.75, 3.05) is 0 Å². The van der Waals surface area contributed by atoms with Gasteiger partial charge in [-0.05, 0) is 28.1 Å². The number of benzene rings is 1. The van der Waals surface area contributed by atoms with Crippen molar-refractivity contribution in [3.8, 4) is 0 Å². The molecule has 0 aromatic heterocycles. The summed E-state index contributed by atoms with van der Waals surface area (Å²) in [6, 6.07) is 2.53. The molecule has 7 heteroatoms. The molecule has 0 unspecified atom stereocenters. The maximum Gasteiger partial charge on any atom is 0.333 e. The Kier molecular flexibility index (Phi) is 3.20. The molecule has 0 aliphatic rings. The van der Waals surface area contributed by atoms with E-state index in [9.17, 15) is 21.1 Å². The summed E-state index contributed by atoms with van der Waals surface area (Å²) < 4.78 is 57.4. The summed E-state index contributed by atoms with van der Waals surface area (Å²) in [5.74, 6) is 0. The molecule has 1 aromatic rings. The van der Waals surface area contributed by atoms with E-state index in [2.05, 4.69) is 15.9 Å². The summed E-state index contributed by atoms with van der Waals surface area (Å²) in [4.78, 5) is -0.651. The summed E-state index contributed by atoms with van der Waals surface area (Å²) in [5, 5.41) is 0. The van der Waals surface area contributed by atoms with E-state index in [4.69, 9.17) is 0 Å². The lowest BCUT2D eigenvalue weighted by molar-refractivity contribution is 0.151. The van der Waals surface area contributed by atoms with Crippen molar-refractivity contribution in [3.63, 3.8) is 0 Å². The van der Waals surface area contributed by atoms with Crippen LogP contribution in [-0.2, 0) is 10.2 Å². The van der Waals surface area contributed by atoms with Crippen LogP contribution in [0, 0.1) is 0 Å². The lowest BCUT2D eigenvalue weighted by Gasteiger charge is -2.02. The first-order valence-corrected chi connectivity index (χ1v) is 5.52. The molecule has 0 N–H and O–H groups in total. The molecule has 0 spiro atoms.